The normalized spacial score (nSPS) is 13.2. The Bertz CT molecular complexity index is 867. The molecule has 1 aromatic carbocycles. The first-order valence-corrected chi connectivity index (χ1v) is 8.33. The van der Waals surface area contributed by atoms with Crippen LogP contribution in [0, 0.1) is 6.92 Å². The lowest BCUT2D eigenvalue weighted by molar-refractivity contribution is -0.139. The lowest BCUT2D eigenvalue weighted by atomic mass is 9.94. The lowest BCUT2D eigenvalue weighted by Gasteiger charge is -2.08. The molecule has 0 bridgehead atoms. The maximum Gasteiger partial charge on any atom is 0.341 e. The number of carbonyl (C=O) groups is 3. The molecule has 0 atom stereocenters. The van der Waals surface area contributed by atoms with Crippen molar-refractivity contribution in [1.29, 1.82) is 0 Å². The van der Waals surface area contributed by atoms with Crippen LogP contribution in [-0.2, 0) is 17.8 Å². The van der Waals surface area contributed by atoms with Gasteiger partial charge < -0.3 is 19.6 Å². The molecule has 136 valence electrons. The summed E-state index contributed by atoms with van der Waals surface area (Å²) in [6.07, 6.45) is 1.89. The van der Waals surface area contributed by atoms with Crippen molar-refractivity contribution in [2.45, 2.75) is 32.7 Å². The van der Waals surface area contributed by atoms with Gasteiger partial charge in [0.05, 0.1) is 5.56 Å². The van der Waals surface area contributed by atoms with E-state index in [1.165, 1.54) is 0 Å². The Hall–Kier alpha value is -3.09. The first-order chi connectivity index (χ1) is 12.5. The molecular weight excluding hydrogens is 338 g/mol. The van der Waals surface area contributed by atoms with Gasteiger partial charge in [0.1, 0.15) is 11.5 Å². The Morgan fingerprint density at radius 1 is 1.31 bits per heavy atom. The van der Waals surface area contributed by atoms with Gasteiger partial charge in [-0.1, -0.05) is 12.1 Å². The molecule has 0 unspecified atom stereocenters. The second-order valence-electron chi connectivity index (χ2n) is 6.14. The topological polar surface area (TPSA) is 106 Å². The highest BCUT2D eigenvalue weighted by Crippen LogP contribution is 2.29. The molecule has 0 fully saturated rings. The Balaban J connectivity index is 1.67. The van der Waals surface area contributed by atoms with Gasteiger partial charge in [-0.05, 0) is 31.0 Å². The fraction of sp³-hybridized carbons (Fsp3) is 0.316. The Kier molecular flexibility index (Phi) is 5.06. The van der Waals surface area contributed by atoms with E-state index < -0.39 is 12.6 Å². The summed E-state index contributed by atoms with van der Waals surface area (Å²) in [5, 5.41) is 11.4. The van der Waals surface area contributed by atoms with E-state index in [1.807, 2.05) is 0 Å². The molecule has 26 heavy (non-hydrogen) atoms. The summed E-state index contributed by atoms with van der Waals surface area (Å²) < 4.78 is 10.7. The van der Waals surface area contributed by atoms with Gasteiger partial charge in [0.2, 0.25) is 0 Å². The number of nitrogens with one attached hydrogen (secondary N) is 1. The number of benzene rings is 1. The van der Waals surface area contributed by atoms with Crippen molar-refractivity contribution in [3.05, 3.63) is 52.5 Å². The minimum Gasteiger partial charge on any atom is -0.482 e. The first-order valence-electron chi connectivity index (χ1n) is 8.33. The Morgan fingerprint density at radius 2 is 2.12 bits per heavy atom. The van der Waals surface area contributed by atoms with Crippen molar-refractivity contribution in [3.63, 3.8) is 0 Å². The van der Waals surface area contributed by atoms with Crippen molar-refractivity contribution >= 4 is 17.7 Å². The summed E-state index contributed by atoms with van der Waals surface area (Å²) in [5.41, 5.74) is 1.89. The molecule has 0 spiro atoms. The maximum atomic E-state index is 12.4. The van der Waals surface area contributed by atoms with Gasteiger partial charge in [-0.2, -0.15) is 0 Å². The number of ether oxygens (including phenoxy) is 1. The molecular formula is C19H19NO6. The molecule has 0 saturated carbocycles. The van der Waals surface area contributed by atoms with Crippen LogP contribution in [0.2, 0.25) is 0 Å². The molecule has 7 heteroatoms. The zero-order valence-electron chi connectivity index (χ0n) is 14.3. The SMILES string of the molecule is Cc1c(C(=O)NCc2cccc(OCC(=O)O)c2)oc2c1C(=O)CCC2. The van der Waals surface area contributed by atoms with E-state index in [9.17, 15) is 14.4 Å². The van der Waals surface area contributed by atoms with Crippen LogP contribution in [0.1, 0.15) is 50.6 Å². The van der Waals surface area contributed by atoms with Crippen LogP contribution in [-0.4, -0.2) is 29.4 Å². The average molecular weight is 357 g/mol. The number of aryl methyl sites for hydroxylation is 1. The van der Waals surface area contributed by atoms with E-state index in [-0.39, 0.29) is 24.0 Å². The van der Waals surface area contributed by atoms with Crippen LogP contribution in [0.5, 0.6) is 5.75 Å². The molecule has 0 aliphatic heterocycles. The number of rotatable bonds is 6. The third kappa shape index (κ3) is 3.77. The number of hydrogen-bond acceptors (Lipinski definition) is 5. The number of carbonyl (C=O) groups excluding carboxylic acids is 2. The van der Waals surface area contributed by atoms with Crippen molar-refractivity contribution in [2.24, 2.45) is 0 Å². The minimum absolute atomic E-state index is 0.0230. The number of carboxylic acid groups (broad SMARTS) is 1. The van der Waals surface area contributed by atoms with Crippen molar-refractivity contribution < 1.29 is 28.6 Å². The van der Waals surface area contributed by atoms with E-state index in [4.69, 9.17) is 14.3 Å². The van der Waals surface area contributed by atoms with Crippen molar-refractivity contribution in [3.8, 4) is 5.75 Å². The van der Waals surface area contributed by atoms with Gasteiger partial charge in [0.25, 0.3) is 5.91 Å². The van der Waals surface area contributed by atoms with Crippen molar-refractivity contribution in [1.82, 2.24) is 5.32 Å². The second-order valence-corrected chi connectivity index (χ2v) is 6.14. The number of hydrogen-bond donors (Lipinski definition) is 2. The summed E-state index contributed by atoms with van der Waals surface area (Å²) in [4.78, 5) is 35.0. The fourth-order valence-corrected chi connectivity index (χ4v) is 3.02. The molecule has 0 saturated heterocycles. The molecule has 2 N–H and O–H groups in total. The molecule has 7 nitrogen and oxygen atoms in total. The first kappa shape index (κ1) is 17.7. The summed E-state index contributed by atoms with van der Waals surface area (Å²) in [6.45, 7) is 1.52. The quantitative estimate of drug-likeness (QED) is 0.823. The fourth-order valence-electron chi connectivity index (χ4n) is 3.02. The predicted octanol–water partition coefficient (Wildman–Crippen LogP) is 2.50. The van der Waals surface area contributed by atoms with Gasteiger partial charge >= 0.3 is 5.97 Å². The Morgan fingerprint density at radius 3 is 2.85 bits per heavy atom. The monoisotopic (exact) mass is 357 g/mol. The van der Waals surface area contributed by atoms with Gasteiger partial charge in [-0.25, -0.2) is 4.79 Å². The Labute approximate surface area is 150 Å². The summed E-state index contributed by atoms with van der Waals surface area (Å²) in [6, 6.07) is 6.81. The van der Waals surface area contributed by atoms with Crippen LogP contribution >= 0.6 is 0 Å². The third-order valence-corrected chi connectivity index (χ3v) is 4.23. The second kappa shape index (κ2) is 7.43. The largest absolute Gasteiger partial charge is 0.482 e. The van der Waals surface area contributed by atoms with Crippen LogP contribution < -0.4 is 10.1 Å². The summed E-state index contributed by atoms with van der Waals surface area (Å²) in [7, 11) is 0. The van der Waals surface area contributed by atoms with Crippen LogP contribution in [0.3, 0.4) is 0 Å². The summed E-state index contributed by atoms with van der Waals surface area (Å²) in [5.74, 6) is -0.252. The van der Waals surface area contributed by atoms with Crippen molar-refractivity contribution in [2.75, 3.05) is 6.61 Å². The number of carboxylic acids is 1. The van der Waals surface area contributed by atoms with E-state index in [0.29, 0.717) is 35.5 Å². The minimum atomic E-state index is -1.06. The molecule has 1 aliphatic rings. The summed E-state index contributed by atoms with van der Waals surface area (Å²) >= 11 is 0. The molecule has 1 amide bonds. The molecule has 1 aliphatic carbocycles. The predicted molar refractivity (Wildman–Crippen MR) is 91.5 cm³/mol. The molecule has 2 aromatic rings. The molecule has 3 rings (SSSR count). The highest BCUT2D eigenvalue weighted by Gasteiger charge is 2.28. The van der Waals surface area contributed by atoms with Gasteiger partial charge in [-0.15, -0.1) is 0 Å². The number of fused-ring (bicyclic) bond motifs is 1. The smallest absolute Gasteiger partial charge is 0.341 e. The molecule has 1 heterocycles. The van der Waals surface area contributed by atoms with E-state index in [0.717, 1.165) is 12.0 Å². The zero-order chi connectivity index (χ0) is 18.7. The van der Waals surface area contributed by atoms with Gasteiger partial charge in [0.15, 0.2) is 18.2 Å². The average Bonchev–Trinajstić information content (AvgIpc) is 2.96. The highest BCUT2D eigenvalue weighted by atomic mass is 16.5. The zero-order valence-corrected chi connectivity index (χ0v) is 14.3. The lowest BCUT2D eigenvalue weighted by Crippen LogP contribution is -2.23. The number of aliphatic carboxylic acids is 1. The van der Waals surface area contributed by atoms with Crippen LogP contribution in [0.4, 0.5) is 0 Å². The van der Waals surface area contributed by atoms with E-state index >= 15 is 0 Å². The number of amides is 1. The number of Topliss-reactive ketones (excluding diaryl/α,β-unsaturated/α-hetero) is 1. The maximum absolute atomic E-state index is 12.4. The van der Waals surface area contributed by atoms with Crippen LogP contribution in [0.25, 0.3) is 0 Å². The number of ketones is 1. The van der Waals surface area contributed by atoms with Gasteiger partial charge in [-0.3, -0.25) is 9.59 Å². The molecule has 1 aromatic heterocycles. The molecule has 0 radical (unpaired) electrons. The third-order valence-electron chi connectivity index (χ3n) is 4.23. The highest BCUT2D eigenvalue weighted by molar-refractivity contribution is 6.03. The number of furan rings is 1. The van der Waals surface area contributed by atoms with Crippen LogP contribution in [0.15, 0.2) is 28.7 Å². The standard InChI is InChI=1S/C19H19NO6/c1-11-17-14(21)6-3-7-15(17)26-18(11)19(24)20-9-12-4-2-5-13(8-12)25-10-16(22)23/h2,4-5,8H,3,6-7,9-10H2,1H3,(H,20,24)(H,22,23). The van der Waals surface area contributed by atoms with Gasteiger partial charge in [0, 0.05) is 24.9 Å². The van der Waals surface area contributed by atoms with E-state index in [1.54, 1.807) is 31.2 Å². The van der Waals surface area contributed by atoms with E-state index in [2.05, 4.69) is 5.32 Å².